The van der Waals surface area contributed by atoms with Crippen LogP contribution in [0.3, 0.4) is 0 Å². The average molecular weight is 300 g/mol. The summed E-state index contributed by atoms with van der Waals surface area (Å²) in [7, 11) is 0. The minimum atomic E-state index is -1.56. The number of aliphatic carboxylic acids is 1. The van der Waals surface area contributed by atoms with Gasteiger partial charge in [-0.25, -0.2) is 13.6 Å². The number of carbonyl (C=O) groups is 2. The molecule has 7 heteroatoms. The number of hydrogen-bond donors (Lipinski definition) is 1. The van der Waals surface area contributed by atoms with Gasteiger partial charge in [0, 0.05) is 18.0 Å². The van der Waals surface area contributed by atoms with Crippen molar-refractivity contribution in [2.24, 2.45) is 0 Å². The van der Waals surface area contributed by atoms with Crippen molar-refractivity contribution in [1.29, 1.82) is 0 Å². The number of amides is 1. The van der Waals surface area contributed by atoms with Gasteiger partial charge in [0.15, 0.2) is 0 Å². The zero-order valence-corrected chi connectivity index (χ0v) is 11.9. The number of nitrogens with one attached hydrogen (secondary N) is 1. The largest absolute Gasteiger partial charge is 0.550 e. The second-order valence-corrected chi connectivity index (χ2v) is 5.41. The zero-order chi connectivity index (χ0) is 16.2. The molecular weight excluding hydrogens is 284 g/mol. The highest BCUT2D eigenvalue weighted by Crippen LogP contribution is 2.23. The Morgan fingerprint density at radius 1 is 1.29 bits per heavy atom. The Balaban J connectivity index is 3.01. The van der Waals surface area contributed by atoms with E-state index in [9.17, 15) is 23.5 Å². The Kier molecular flexibility index (Phi) is 5.23. The first-order valence-corrected chi connectivity index (χ1v) is 6.23. The van der Waals surface area contributed by atoms with Gasteiger partial charge in [-0.1, -0.05) is 6.07 Å². The molecule has 116 valence electrons. The van der Waals surface area contributed by atoms with E-state index in [2.05, 4.69) is 5.32 Å². The fraction of sp³-hybridized carbons (Fsp3) is 0.429. The van der Waals surface area contributed by atoms with Crippen molar-refractivity contribution in [3.8, 4) is 0 Å². The molecule has 0 spiro atoms. The molecule has 0 unspecified atom stereocenters. The van der Waals surface area contributed by atoms with Crippen LogP contribution in [0.4, 0.5) is 13.6 Å². The topological polar surface area (TPSA) is 78.5 Å². The average Bonchev–Trinajstić information content (AvgIpc) is 2.24. The molecule has 1 aromatic carbocycles. The number of ether oxygens (including phenoxy) is 1. The summed E-state index contributed by atoms with van der Waals surface area (Å²) in [5, 5.41) is 12.9. The molecule has 0 aromatic heterocycles. The summed E-state index contributed by atoms with van der Waals surface area (Å²) in [4.78, 5) is 22.4. The van der Waals surface area contributed by atoms with Crippen LogP contribution in [-0.2, 0) is 9.53 Å². The summed E-state index contributed by atoms with van der Waals surface area (Å²) in [6.45, 7) is 4.80. The maximum Gasteiger partial charge on any atom is 0.408 e. The van der Waals surface area contributed by atoms with Crippen LogP contribution in [0.1, 0.15) is 38.8 Å². The van der Waals surface area contributed by atoms with Gasteiger partial charge in [0.05, 0.1) is 6.04 Å². The zero-order valence-electron chi connectivity index (χ0n) is 11.9. The van der Waals surface area contributed by atoms with E-state index in [0.29, 0.717) is 0 Å². The molecule has 0 aliphatic rings. The number of alkyl carbamates (subject to hydrolysis) is 1. The number of halogens is 2. The Hall–Kier alpha value is -2.18. The lowest BCUT2D eigenvalue weighted by molar-refractivity contribution is -0.306. The van der Waals surface area contributed by atoms with Crippen LogP contribution in [0.15, 0.2) is 18.2 Å². The number of carboxylic acids is 1. The molecule has 1 aromatic rings. The molecule has 0 saturated carbocycles. The maximum absolute atomic E-state index is 13.7. The van der Waals surface area contributed by atoms with Gasteiger partial charge in [-0.3, -0.25) is 0 Å². The molecule has 5 nitrogen and oxygen atoms in total. The van der Waals surface area contributed by atoms with Gasteiger partial charge in [-0.2, -0.15) is 0 Å². The SMILES string of the molecule is CC(C)(C)OC(=O)N[C@H](CC(=O)[O-])c1c(F)cccc1F. The normalized spacial score (nSPS) is 12.6. The number of carbonyl (C=O) groups excluding carboxylic acids is 2. The molecule has 1 amide bonds. The van der Waals surface area contributed by atoms with E-state index in [-0.39, 0.29) is 0 Å². The second kappa shape index (κ2) is 6.51. The van der Waals surface area contributed by atoms with E-state index >= 15 is 0 Å². The van der Waals surface area contributed by atoms with E-state index in [0.717, 1.165) is 18.2 Å². The van der Waals surface area contributed by atoms with Crippen LogP contribution >= 0.6 is 0 Å². The second-order valence-electron chi connectivity index (χ2n) is 5.41. The molecule has 1 atom stereocenters. The summed E-state index contributed by atoms with van der Waals surface area (Å²) < 4.78 is 32.3. The van der Waals surface area contributed by atoms with Crippen LogP contribution in [0.25, 0.3) is 0 Å². The third kappa shape index (κ3) is 5.37. The fourth-order valence-electron chi connectivity index (χ4n) is 1.69. The van der Waals surface area contributed by atoms with Gasteiger partial charge in [-0.05, 0) is 32.9 Å². The van der Waals surface area contributed by atoms with Crippen molar-refractivity contribution in [3.05, 3.63) is 35.4 Å². The summed E-state index contributed by atoms with van der Waals surface area (Å²) in [6.07, 6.45) is -1.76. The standard InChI is InChI=1S/C14H17F2NO4/c1-14(2,3)21-13(20)17-10(7-11(18)19)12-8(15)5-4-6-9(12)16/h4-6,10H,7H2,1-3H3,(H,17,20)(H,18,19)/p-1/t10-/m1/s1. The highest BCUT2D eigenvalue weighted by Gasteiger charge is 2.25. The molecule has 0 bridgehead atoms. The van der Waals surface area contributed by atoms with Crippen LogP contribution in [0.5, 0.6) is 0 Å². The van der Waals surface area contributed by atoms with Crippen molar-refractivity contribution in [2.75, 3.05) is 0 Å². The molecule has 1 rings (SSSR count). The van der Waals surface area contributed by atoms with E-state index in [1.807, 2.05) is 0 Å². The fourth-order valence-corrected chi connectivity index (χ4v) is 1.69. The van der Waals surface area contributed by atoms with Gasteiger partial charge < -0.3 is 20.0 Å². The van der Waals surface area contributed by atoms with Gasteiger partial charge in [0.1, 0.15) is 17.2 Å². The maximum atomic E-state index is 13.7. The predicted molar refractivity (Wildman–Crippen MR) is 68.1 cm³/mol. The third-order valence-electron chi connectivity index (χ3n) is 2.41. The lowest BCUT2D eigenvalue weighted by Gasteiger charge is -2.24. The number of hydrogen-bond acceptors (Lipinski definition) is 4. The molecule has 0 heterocycles. The van der Waals surface area contributed by atoms with Crippen LogP contribution in [-0.4, -0.2) is 17.7 Å². The first kappa shape index (κ1) is 16.9. The number of carboxylic acid groups (broad SMARTS) is 1. The van der Waals surface area contributed by atoms with Crippen molar-refractivity contribution < 1.29 is 28.2 Å². The minimum Gasteiger partial charge on any atom is -0.550 e. The highest BCUT2D eigenvalue weighted by atomic mass is 19.1. The lowest BCUT2D eigenvalue weighted by Crippen LogP contribution is -2.38. The summed E-state index contributed by atoms with van der Waals surface area (Å²) in [6, 6.07) is 1.65. The molecular formula is C14H16F2NO4-. The molecule has 0 saturated heterocycles. The first-order valence-electron chi connectivity index (χ1n) is 6.23. The third-order valence-corrected chi connectivity index (χ3v) is 2.41. The van der Waals surface area contributed by atoms with Gasteiger partial charge in [0.2, 0.25) is 0 Å². The number of rotatable bonds is 4. The van der Waals surface area contributed by atoms with E-state index in [1.165, 1.54) is 0 Å². The van der Waals surface area contributed by atoms with Crippen LogP contribution < -0.4 is 10.4 Å². The molecule has 0 aliphatic heterocycles. The Bertz CT molecular complexity index is 520. The van der Waals surface area contributed by atoms with Crippen LogP contribution in [0.2, 0.25) is 0 Å². The van der Waals surface area contributed by atoms with Crippen molar-refractivity contribution in [2.45, 2.75) is 38.8 Å². The smallest absolute Gasteiger partial charge is 0.408 e. The molecule has 0 radical (unpaired) electrons. The van der Waals surface area contributed by atoms with E-state index in [1.54, 1.807) is 20.8 Å². The quantitative estimate of drug-likeness (QED) is 0.917. The van der Waals surface area contributed by atoms with Crippen molar-refractivity contribution in [1.82, 2.24) is 5.32 Å². The van der Waals surface area contributed by atoms with Crippen LogP contribution in [0, 0.1) is 11.6 Å². The predicted octanol–water partition coefficient (Wildman–Crippen LogP) is 1.67. The Morgan fingerprint density at radius 3 is 2.24 bits per heavy atom. The summed E-state index contributed by atoms with van der Waals surface area (Å²) in [5.74, 6) is -3.48. The summed E-state index contributed by atoms with van der Waals surface area (Å²) >= 11 is 0. The Morgan fingerprint density at radius 2 is 1.81 bits per heavy atom. The molecule has 0 fully saturated rings. The molecule has 1 N–H and O–H groups in total. The van der Waals surface area contributed by atoms with Gasteiger partial charge in [-0.15, -0.1) is 0 Å². The van der Waals surface area contributed by atoms with Crippen molar-refractivity contribution >= 4 is 12.1 Å². The molecule has 0 aliphatic carbocycles. The highest BCUT2D eigenvalue weighted by molar-refractivity contribution is 5.71. The molecule has 21 heavy (non-hydrogen) atoms. The van der Waals surface area contributed by atoms with E-state index < -0.39 is 47.3 Å². The van der Waals surface area contributed by atoms with Gasteiger partial charge in [0.25, 0.3) is 0 Å². The van der Waals surface area contributed by atoms with E-state index in [4.69, 9.17) is 4.74 Å². The minimum absolute atomic E-state index is 0.549. The lowest BCUT2D eigenvalue weighted by atomic mass is 10.0. The number of benzene rings is 1. The van der Waals surface area contributed by atoms with Gasteiger partial charge >= 0.3 is 6.09 Å². The monoisotopic (exact) mass is 300 g/mol. The Labute approximate surface area is 120 Å². The van der Waals surface area contributed by atoms with Crippen molar-refractivity contribution in [3.63, 3.8) is 0 Å². The first-order chi connectivity index (χ1) is 9.60. The summed E-state index contributed by atoms with van der Waals surface area (Å²) in [5.41, 5.74) is -1.38.